The number of halogens is 1. The van der Waals surface area contributed by atoms with Crippen LogP contribution in [0.15, 0.2) is 42.0 Å². The highest BCUT2D eigenvalue weighted by atomic mass is 35.7. The number of nitrogens with two attached hydrogens (primary N) is 1. The molecule has 0 bridgehead atoms. The SMILES string of the molecule is COc1ccc(C2=CC=C(C(N)=O)C=S2O[Cl+3]([O-])([O-])[O-])cc1. The molecular formula is C13H12ClNO6S. The number of methoxy groups -OCH3 is 1. The predicted octanol–water partition coefficient (Wildman–Crippen LogP) is -1.64. The van der Waals surface area contributed by atoms with Gasteiger partial charge in [0.25, 0.3) is 0 Å². The van der Waals surface area contributed by atoms with Crippen LogP contribution in [0.25, 0.3) is 4.91 Å². The largest absolute Gasteiger partial charge is 0.497 e. The number of amides is 1. The quantitative estimate of drug-likeness (QED) is 0.637. The third-order valence-corrected chi connectivity index (χ3v) is 5.10. The summed E-state index contributed by atoms with van der Waals surface area (Å²) < 4.78 is 42.1. The molecule has 1 atom stereocenters. The molecule has 9 heteroatoms. The number of hydrogen-bond acceptors (Lipinski definition) is 6. The molecule has 0 spiro atoms. The first-order chi connectivity index (χ1) is 10.3. The molecule has 1 amide bonds. The number of carbonyl (C=O) groups excluding carboxylic acids is 1. The minimum absolute atomic E-state index is 0.0689. The first-order valence-corrected chi connectivity index (χ1v) is 8.30. The van der Waals surface area contributed by atoms with Gasteiger partial charge in [-0.05, 0) is 29.8 Å². The van der Waals surface area contributed by atoms with Gasteiger partial charge in [-0.15, -0.1) is 0 Å². The zero-order chi connectivity index (χ0) is 16.3. The summed E-state index contributed by atoms with van der Waals surface area (Å²) in [5, 5.41) is 1.21. The Morgan fingerprint density at radius 1 is 1.18 bits per heavy atom. The van der Waals surface area contributed by atoms with E-state index in [1.54, 1.807) is 24.3 Å². The fourth-order valence-electron chi connectivity index (χ4n) is 1.69. The molecule has 0 aromatic heterocycles. The summed E-state index contributed by atoms with van der Waals surface area (Å²) in [7, 11) is -4.69. The Morgan fingerprint density at radius 2 is 1.82 bits per heavy atom. The van der Waals surface area contributed by atoms with Crippen molar-refractivity contribution in [2.45, 2.75) is 0 Å². The second-order valence-corrected chi connectivity index (χ2v) is 6.63. The Kier molecular flexibility index (Phi) is 5.01. The molecule has 0 saturated carbocycles. The first kappa shape index (κ1) is 16.7. The molecular weight excluding hydrogens is 334 g/mol. The van der Waals surface area contributed by atoms with Gasteiger partial charge < -0.3 is 10.5 Å². The molecule has 1 heterocycles. The number of primary amides is 1. The lowest BCUT2D eigenvalue weighted by Gasteiger charge is -2.17. The second-order valence-electron chi connectivity index (χ2n) is 4.10. The van der Waals surface area contributed by atoms with E-state index in [1.807, 2.05) is 0 Å². The normalized spacial score (nSPS) is 18.1. The number of ether oxygens (including phenoxy) is 1. The molecule has 2 rings (SSSR count). The van der Waals surface area contributed by atoms with Crippen molar-refractivity contribution < 1.29 is 37.5 Å². The van der Waals surface area contributed by atoms with Crippen molar-refractivity contribution in [3.63, 3.8) is 0 Å². The first-order valence-electron chi connectivity index (χ1n) is 5.85. The molecule has 1 aromatic rings. The van der Waals surface area contributed by atoms with Gasteiger partial charge in [0.1, 0.15) is 20.3 Å². The Morgan fingerprint density at radius 3 is 2.32 bits per heavy atom. The monoisotopic (exact) mass is 345 g/mol. The molecule has 22 heavy (non-hydrogen) atoms. The van der Waals surface area contributed by atoms with Gasteiger partial charge in [-0.1, -0.05) is 12.1 Å². The number of carbonyl (C=O) groups is 1. The predicted molar refractivity (Wildman–Crippen MR) is 73.0 cm³/mol. The maximum absolute atomic E-state index is 11.2. The fraction of sp³-hybridized carbons (Fsp3) is 0.0769. The zero-order valence-electron chi connectivity index (χ0n) is 11.4. The van der Waals surface area contributed by atoms with Gasteiger partial charge in [0.2, 0.25) is 5.91 Å². The molecule has 1 unspecified atom stereocenters. The minimum Gasteiger partial charge on any atom is -0.497 e. The molecule has 0 radical (unpaired) electrons. The van der Waals surface area contributed by atoms with Crippen molar-refractivity contribution >= 4 is 26.9 Å². The average Bonchev–Trinajstić information content (AvgIpc) is 2.45. The zero-order valence-corrected chi connectivity index (χ0v) is 12.9. The van der Waals surface area contributed by atoms with E-state index in [0.717, 1.165) is 0 Å². The summed E-state index contributed by atoms with van der Waals surface area (Å²) in [6, 6.07) is 6.71. The van der Waals surface area contributed by atoms with Gasteiger partial charge in [0.15, 0.2) is 0 Å². The summed E-state index contributed by atoms with van der Waals surface area (Å²) in [6.07, 6.45) is 2.93. The van der Waals surface area contributed by atoms with E-state index in [0.29, 0.717) is 16.2 Å². The molecule has 118 valence electrons. The Hall–Kier alpha value is -1.68. The van der Waals surface area contributed by atoms with Crippen molar-refractivity contribution in [3.05, 3.63) is 47.6 Å². The van der Waals surface area contributed by atoms with Crippen LogP contribution in [0.1, 0.15) is 5.56 Å². The Balaban J connectivity index is 2.42. The summed E-state index contributed by atoms with van der Waals surface area (Å²) in [5.74, 6) is -0.126. The third kappa shape index (κ3) is 4.17. The molecule has 0 fully saturated rings. The van der Waals surface area contributed by atoms with Crippen molar-refractivity contribution in [1.82, 2.24) is 0 Å². The molecule has 1 aliphatic heterocycles. The van der Waals surface area contributed by atoms with Crippen LogP contribution in [-0.4, -0.2) is 18.4 Å². The third-order valence-electron chi connectivity index (χ3n) is 2.67. The van der Waals surface area contributed by atoms with E-state index in [-0.39, 0.29) is 5.57 Å². The van der Waals surface area contributed by atoms with E-state index in [9.17, 15) is 18.8 Å². The highest BCUT2D eigenvalue weighted by Gasteiger charge is 2.28. The topological polar surface area (TPSA) is 131 Å². The summed E-state index contributed by atoms with van der Waals surface area (Å²) >= 11 is 0. The lowest BCUT2D eigenvalue weighted by molar-refractivity contribution is -1.91. The van der Waals surface area contributed by atoms with E-state index < -0.39 is 26.9 Å². The summed E-state index contributed by atoms with van der Waals surface area (Å²) in [4.78, 5) is 11.6. The fourth-order valence-corrected chi connectivity index (χ4v) is 3.90. The maximum Gasteiger partial charge on any atom is 0.249 e. The lowest BCUT2D eigenvalue weighted by Crippen LogP contribution is -2.60. The van der Waals surface area contributed by atoms with Gasteiger partial charge in [-0.3, -0.25) is 4.79 Å². The molecule has 1 aliphatic rings. The van der Waals surface area contributed by atoms with Crippen molar-refractivity contribution in [3.8, 4) is 5.75 Å². The van der Waals surface area contributed by atoms with Gasteiger partial charge in [-0.2, -0.15) is 14.0 Å². The molecule has 0 saturated heterocycles. The highest BCUT2D eigenvalue weighted by molar-refractivity contribution is 8.19. The van der Waals surface area contributed by atoms with Crippen LogP contribution >= 0.6 is 10.8 Å². The number of benzene rings is 1. The van der Waals surface area contributed by atoms with Crippen LogP contribution in [0.5, 0.6) is 5.75 Å². The van der Waals surface area contributed by atoms with E-state index in [4.69, 9.17) is 10.5 Å². The Labute approximate surface area is 131 Å². The van der Waals surface area contributed by atoms with Gasteiger partial charge in [0, 0.05) is 10.9 Å². The Bertz CT molecular complexity index is 675. The summed E-state index contributed by atoms with van der Waals surface area (Å²) in [5.41, 5.74) is 5.84. The van der Waals surface area contributed by atoms with Crippen molar-refractivity contribution in [2.75, 3.05) is 7.11 Å². The number of allylic oxidation sites excluding steroid dienone is 2. The number of hydrogen-bond donors (Lipinski definition) is 1. The minimum atomic E-state index is -4.65. The van der Waals surface area contributed by atoms with Crippen molar-refractivity contribution in [1.29, 1.82) is 0 Å². The van der Waals surface area contributed by atoms with Crippen LogP contribution < -0.4 is 24.4 Å². The van der Waals surface area contributed by atoms with Crippen LogP contribution in [0.4, 0.5) is 0 Å². The van der Waals surface area contributed by atoms with E-state index in [1.165, 1.54) is 24.6 Å². The summed E-state index contributed by atoms with van der Waals surface area (Å²) in [6.45, 7) is 0. The van der Waals surface area contributed by atoms with Gasteiger partial charge in [-0.25, -0.2) is 0 Å². The van der Waals surface area contributed by atoms with E-state index >= 15 is 0 Å². The van der Waals surface area contributed by atoms with Gasteiger partial charge >= 0.3 is 0 Å². The highest BCUT2D eigenvalue weighted by Crippen LogP contribution is 2.39. The molecule has 0 aliphatic carbocycles. The second kappa shape index (κ2) is 6.61. The molecule has 7 nitrogen and oxygen atoms in total. The smallest absolute Gasteiger partial charge is 0.249 e. The molecule has 1 aromatic carbocycles. The van der Waals surface area contributed by atoms with Crippen LogP contribution in [0.2, 0.25) is 0 Å². The molecule has 2 N–H and O–H groups in total. The van der Waals surface area contributed by atoms with Crippen LogP contribution in [0.3, 0.4) is 0 Å². The standard InChI is InChI=1S/C13H12ClNO6S/c1-20-11-5-2-9(3-6-11)12-7-4-10(13(15)16)8-22(12)21-14(17,18)19/h2-8H,1H3,(H2,15,16). The maximum atomic E-state index is 11.2. The van der Waals surface area contributed by atoms with Crippen molar-refractivity contribution in [2.24, 2.45) is 5.73 Å². The average molecular weight is 346 g/mol. The van der Waals surface area contributed by atoms with E-state index in [2.05, 4.69) is 3.74 Å². The van der Waals surface area contributed by atoms with Crippen LogP contribution in [0, 0.1) is 10.2 Å². The lowest BCUT2D eigenvalue weighted by atomic mass is 10.1. The van der Waals surface area contributed by atoms with Crippen LogP contribution in [-0.2, 0) is 8.53 Å². The number of rotatable bonds is 5. The van der Waals surface area contributed by atoms with Gasteiger partial charge in [0.05, 0.1) is 22.3 Å².